The molecule has 1 unspecified atom stereocenters. The molecule has 0 aliphatic rings. The van der Waals surface area contributed by atoms with Crippen LogP contribution in [0.15, 0.2) is 12.1 Å². The molecule has 3 N–H and O–H groups in total. The molecule has 1 atom stereocenters. The molecular weight excluding hydrogens is 212 g/mol. The summed E-state index contributed by atoms with van der Waals surface area (Å²) in [6.45, 7) is 2.51. The Morgan fingerprint density at radius 3 is 2.88 bits per heavy atom. The summed E-state index contributed by atoms with van der Waals surface area (Å²) < 4.78 is 26.3. The van der Waals surface area contributed by atoms with E-state index in [0.717, 1.165) is 6.07 Å². The molecule has 2 rings (SSSR count). The van der Waals surface area contributed by atoms with Crippen molar-refractivity contribution in [1.29, 1.82) is 0 Å². The minimum absolute atomic E-state index is 0.181. The van der Waals surface area contributed by atoms with Crippen molar-refractivity contribution in [3.8, 4) is 0 Å². The van der Waals surface area contributed by atoms with E-state index in [1.807, 2.05) is 6.92 Å². The van der Waals surface area contributed by atoms with Crippen LogP contribution in [0, 0.1) is 17.6 Å². The zero-order valence-corrected chi connectivity index (χ0v) is 8.93. The Morgan fingerprint density at radius 1 is 1.44 bits per heavy atom. The van der Waals surface area contributed by atoms with E-state index in [4.69, 9.17) is 5.73 Å². The molecule has 0 aliphatic carbocycles. The molecule has 0 saturated carbocycles. The van der Waals surface area contributed by atoms with E-state index in [2.05, 4.69) is 9.97 Å². The lowest BCUT2D eigenvalue weighted by molar-refractivity contribution is 0.577. The summed E-state index contributed by atoms with van der Waals surface area (Å²) in [5, 5.41) is 0. The molecule has 0 saturated heterocycles. The molecule has 1 aromatic carbocycles. The first-order chi connectivity index (χ1) is 7.60. The number of halogens is 2. The Morgan fingerprint density at radius 2 is 2.19 bits per heavy atom. The Kier molecular flexibility index (Phi) is 2.87. The summed E-state index contributed by atoms with van der Waals surface area (Å²) in [5.41, 5.74) is 6.06. The molecule has 3 nitrogen and oxygen atoms in total. The van der Waals surface area contributed by atoms with Crippen LogP contribution in [0.2, 0.25) is 0 Å². The lowest BCUT2D eigenvalue weighted by atomic mass is 10.1. The predicted octanol–water partition coefficient (Wildman–Crippen LogP) is 1.98. The van der Waals surface area contributed by atoms with E-state index in [-0.39, 0.29) is 11.4 Å². The zero-order valence-electron chi connectivity index (χ0n) is 8.93. The monoisotopic (exact) mass is 225 g/mol. The maximum atomic E-state index is 13.3. The average Bonchev–Trinajstić information content (AvgIpc) is 2.60. The second kappa shape index (κ2) is 4.17. The van der Waals surface area contributed by atoms with E-state index < -0.39 is 11.6 Å². The first-order valence-corrected chi connectivity index (χ1v) is 5.14. The van der Waals surface area contributed by atoms with Gasteiger partial charge < -0.3 is 10.7 Å². The molecule has 86 valence electrons. The summed E-state index contributed by atoms with van der Waals surface area (Å²) >= 11 is 0. The molecule has 0 amide bonds. The summed E-state index contributed by atoms with van der Waals surface area (Å²) in [5.74, 6) is -0.351. The predicted molar refractivity (Wildman–Crippen MR) is 57.9 cm³/mol. The van der Waals surface area contributed by atoms with Gasteiger partial charge in [-0.25, -0.2) is 13.8 Å². The maximum Gasteiger partial charge on any atom is 0.153 e. The number of nitrogens with one attached hydrogen (secondary N) is 1. The van der Waals surface area contributed by atoms with Crippen molar-refractivity contribution in [2.75, 3.05) is 6.54 Å². The van der Waals surface area contributed by atoms with Crippen LogP contribution in [0.3, 0.4) is 0 Å². The maximum absolute atomic E-state index is 13.3. The van der Waals surface area contributed by atoms with E-state index in [0.29, 0.717) is 24.3 Å². The standard InChI is InChI=1S/C11H13F2N3/c1-6(5-14)2-10-15-9-4-7(12)3-8(13)11(9)16-10/h3-4,6H,2,5,14H2,1H3,(H,15,16). The van der Waals surface area contributed by atoms with Gasteiger partial charge in [0.25, 0.3) is 0 Å². The second-order valence-corrected chi connectivity index (χ2v) is 4.01. The third-order valence-corrected chi connectivity index (χ3v) is 2.50. The number of hydrogen-bond donors (Lipinski definition) is 2. The van der Waals surface area contributed by atoms with Gasteiger partial charge in [-0.2, -0.15) is 0 Å². The Hall–Kier alpha value is -1.49. The molecule has 0 spiro atoms. The minimum Gasteiger partial charge on any atom is -0.342 e. The lowest BCUT2D eigenvalue weighted by Crippen LogP contribution is -2.13. The number of aromatic amines is 1. The van der Waals surface area contributed by atoms with Gasteiger partial charge in [0.05, 0.1) is 5.52 Å². The first kappa shape index (κ1) is 11.0. The van der Waals surface area contributed by atoms with Crippen LogP contribution in [0.5, 0.6) is 0 Å². The van der Waals surface area contributed by atoms with E-state index in [9.17, 15) is 8.78 Å². The van der Waals surface area contributed by atoms with Crippen LogP contribution >= 0.6 is 0 Å². The number of rotatable bonds is 3. The quantitative estimate of drug-likeness (QED) is 0.839. The van der Waals surface area contributed by atoms with Crippen LogP contribution in [0.4, 0.5) is 8.78 Å². The number of H-pyrrole nitrogens is 1. The van der Waals surface area contributed by atoms with Crippen LogP contribution in [0.1, 0.15) is 12.7 Å². The number of hydrogen-bond acceptors (Lipinski definition) is 2. The molecule has 0 aliphatic heterocycles. The van der Waals surface area contributed by atoms with Crippen molar-refractivity contribution in [3.05, 3.63) is 29.6 Å². The molecule has 1 heterocycles. The molecule has 16 heavy (non-hydrogen) atoms. The van der Waals surface area contributed by atoms with Crippen molar-refractivity contribution >= 4 is 11.0 Å². The molecule has 1 aromatic heterocycles. The zero-order chi connectivity index (χ0) is 11.7. The van der Waals surface area contributed by atoms with Crippen molar-refractivity contribution in [2.24, 2.45) is 11.7 Å². The highest BCUT2D eigenvalue weighted by Crippen LogP contribution is 2.18. The average molecular weight is 225 g/mol. The normalized spacial score (nSPS) is 13.2. The van der Waals surface area contributed by atoms with Gasteiger partial charge >= 0.3 is 0 Å². The Labute approximate surface area is 91.7 Å². The van der Waals surface area contributed by atoms with Gasteiger partial charge in [-0.15, -0.1) is 0 Å². The smallest absolute Gasteiger partial charge is 0.153 e. The van der Waals surface area contributed by atoms with Crippen molar-refractivity contribution in [1.82, 2.24) is 9.97 Å². The molecule has 0 bridgehead atoms. The van der Waals surface area contributed by atoms with Gasteiger partial charge in [-0.1, -0.05) is 6.92 Å². The second-order valence-electron chi connectivity index (χ2n) is 4.01. The largest absolute Gasteiger partial charge is 0.342 e. The van der Waals surface area contributed by atoms with Gasteiger partial charge in [0.1, 0.15) is 17.2 Å². The fourth-order valence-corrected chi connectivity index (χ4v) is 1.60. The number of aromatic nitrogens is 2. The number of benzene rings is 1. The summed E-state index contributed by atoms with van der Waals surface area (Å²) in [6.07, 6.45) is 0.631. The van der Waals surface area contributed by atoms with Crippen LogP contribution in [-0.4, -0.2) is 16.5 Å². The number of imidazole rings is 1. The fraction of sp³-hybridized carbons (Fsp3) is 0.364. The number of fused-ring (bicyclic) bond motifs is 1. The molecule has 2 aromatic rings. The van der Waals surface area contributed by atoms with Crippen molar-refractivity contribution < 1.29 is 8.78 Å². The topological polar surface area (TPSA) is 54.7 Å². The summed E-state index contributed by atoms with van der Waals surface area (Å²) in [7, 11) is 0. The van der Waals surface area contributed by atoms with E-state index in [1.54, 1.807) is 0 Å². The highest BCUT2D eigenvalue weighted by Gasteiger charge is 2.11. The molecule has 0 fully saturated rings. The van der Waals surface area contributed by atoms with Crippen LogP contribution in [-0.2, 0) is 6.42 Å². The third-order valence-electron chi connectivity index (χ3n) is 2.50. The SMILES string of the molecule is CC(CN)Cc1nc2c(F)cc(F)cc2[nH]1. The fourth-order valence-electron chi connectivity index (χ4n) is 1.60. The Bertz CT molecular complexity index is 507. The first-order valence-electron chi connectivity index (χ1n) is 5.14. The highest BCUT2D eigenvalue weighted by atomic mass is 19.1. The lowest BCUT2D eigenvalue weighted by Gasteiger charge is -2.03. The van der Waals surface area contributed by atoms with Crippen molar-refractivity contribution in [2.45, 2.75) is 13.3 Å². The van der Waals surface area contributed by atoms with Gasteiger partial charge in [-0.3, -0.25) is 0 Å². The van der Waals surface area contributed by atoms with Gasteiger partial charge in [0.15, 0.2) is 5.82 Å². The summed E-state index contributed by atoms with van der Waals surface area (Å²) in [4.78, 5) is 6.98. The molecular formula is C11H13F2N3. The molecule has 5 heteroatoms. The van der Waals surface area contributed by atoms with Gasteiger partial charge in [-0.05, 0) is 18.5 Å². The van der Waals surface area contributed by atoms with E-state index >= 15 is 0 Å². The summed E-state index contributed by atoms with van der Waals surface area (Å²) in [6, 6.07) is 2.07. The van der Waals surface area contributed by atoms with Gasteiger partial charge in [0.2, 0.25) is 0 Å². The third kappa shape index (κ3) is 2.04. The minimum atomic E-state index is -0.641. The van der Waals surface area contributed by atoms with Gasteiger partial charge in [0, 0.05) is 12.5 Å². The van der Waals surface area contributed by atoms with Crippen LogP contribution in [0.25, 0.3) is 11.0 Å². The van der Waals surface area contributed by atoms with Crippen LogP contribution < -0.4 is 5.73 Å². The van der Waals surface area contributed by atoms with Crippen molar-refractivity contribution in [3.63, 3.8) is 0 Å². The highest BCUT2D eigenvalue weighted by molar-refractivity contribution is 5.75. The molecule has 0 radical (unpaired) electrons. The number of nitrogens with two attached hydrogens (primary N) is 1. The van der Waals surface area contributed by atoms with E-state index in [1.165, 1.54) is 6.07 Å². The Balaban J connectivity index is 2.40. The number of nitrogens with zero attached hydrogens (tertiary/aromatic N) is 1.